The van der Waals surface area contributed by atoms with Crippen molar-refractivity contribution in [3.8, 4) is 0 Å². The predicted octanol–water partition coefficient (Wildman–Crippen LogP) is 2.39. The van der Waals surface area contributed by atoms with E-state index in [-0.39, 0.29) is 11.5 Å². The molecule has 3 nitrogen and oxygen atoms in total. The molecule has 1 aromatic carbocycles. The molecule has 0 aromatic heterocycles. The molecule has 0 spiro atoms. The second-order valence-corrected chi connectivity index (χ2v) is 6.50. The van der Waals surface area contributed by atoms with Crippen molar-refractivity contribution in [3.05, 3.63) is 35.4 Å². The molecule has 94 valence electrons. The molecule has 1 aromatic rings. The largest absolute Gasteiger partial charge is 0.293 e. The molecule has 17 heavy (non-hydrogen) atoms. The van der Waals surface area contributed by atoms with E-state index in [2.05, 4.69) is 0 Å². The molecule has 0 saturated heterocycles. The molecule has 4 heteroatoms. The fraction of sp³-hybridized carbons (Fsp3) is 0.462. The van der Waals surface area contributed by atoms with Crippen LogP contribution in [0.4, 0.5) is 0 Å². The lowest BCUT2D eigenvalue weighted by molar-refractivity contribution is 0.0985. The van der Waals surface area contributed by atoms with Crippen LogP contribution in [0.15, 0.2) is 24.3 Å². The lowest BCUT2D eigenvalue weighted by Crippen LogP contribution is -2.31. The van der Waals surface area contributed by atoms with Gasteiger partial charge < -0.3 is 0 Å². The van der Waals surface area contributed by atoms with Crippen LogP contribution in [0.1, 0.15) is 36.2 Å². The highest BCUT2D eigenvalue weighted by Gasteiger charge is 2.30. The lowest BCUT2D eigenvalue weighted by Gasteiger charge is -2.14. The summed E-state index contributed by atoms with van der Waals surface area (Å²) in [7, 11) is -3.32. The van der Waals surface area contributed by atoms with Crippen molar-refractivity contribution in [2.45, 2.75) is 32.4 Å². The fourth-order valence-corrected chi connectivity index (χ4v) is 3.19. The summed E-state index contributed by atoms with van der Waals surface area (Å²) in [5.74, 6) is -0.282. The van der Waals surface area contributed by atoms with E-state index in [1.165, 1.54) is 0 Å². The maximum absolute atomic E-state index is 12.2. The summed E-state index contributed by atoms with van der Waals surface area (Å²) in [5.41, 5.74) is 1.33. The molecule has 0 aliphatic rings. The minimum Gasteiger partial charge on any atom is -0.293 e. The molecular formula is C13H18O3S. The third-order valence-corrected chi connectivity index (χ3v) is 5.13. The van der Waals surface area contributed by atoms with E-state index in [0.29, 0.717) is 12.0 Å². The summed E-state index contributed by atoms with van der Waals surface area (Å²) in [6.07, 6.45) is 0.323. The van der Waals surface area contributed by atoms with Crippen LogP contribution in [0.5, 0.6) is 0 Å². The van der Waals surface area contributed by atoms with E-state index in [0.717, 1.165) is 5.56 Å². The van der Waals surface area contributed by atoms with Gasteiger partial charge in [-0.25, -0.2) is 8.42 Å². The molecule has 0 radical (unpaired) electrons. The van der Waals surface area contributed by atoms with Crippen molar-refractivity contribution < 1.29 is 13.2 Å². The Hall–Kier alpha value is -1.16. The third-order valence-electron chi connectivity index (χ3n) is 2.91. The highest BCUT2D eigenvalue weighted by molar-refractivity contribution is 7.92. The molecule has 1 atom stereocenters. The summed E-state index contributed by atoms with van der Waals surface area (Å²) in [6, 6.07) is 7.09. The van der Waals surface area contributed by atoms with Gasteiger partial charge in [0, 0.05) is 11.3 Å². The number of carbonyl (C=O) groups is 1. The van der Waals surface area contributed by atoms with Gasteiger partial charge in [0.1, 0.15) is 5.25 Å². The van der Waals surface area contributed by atoms with Crippen molar-refractivity contribution in [2.24, 2.45) is 0 Å². The Bertz CT molecular complexity index is 503. The zero-order valence-electron chi connectivity index (χ0n) is 10.4. The predicted molar refractivity (Wildman–Crippen MR) is 69.0 cm³/mol. The normalized spacial score (nSPS) is 13.4. The van der Waals surface area contributed by atoms with Gasteiger partial charge in [0.15, 0.2) is 15.6 Å². The summed E-state index contributed by atoms with van der Waals surface area (Å²) in [5, 5.41) is -0.909. The van der Waals surface area contributed by atoms with Crippen LogP contribution in [0.3, 0.4) is 0 Å². The van der Waals surface area contributed by atoms with E-state index in [4.69, 9.17) is 0 Å². The number of carbonyl (C=O) groups excluding carboxylic acids is 1. The average molecular weight is 254 g/mol. The van der Waals surface area contributed by atoms with Gasteiger partial charge in [0.25, 0.3) is 0 Å². The summed E-state index contributed by atoms with van der Waals surface area (Å²) >= 11 is 0. The van der Waals surface area contributed by atoms with Gasteiger partial charge in [-0.2, -0.15) is 0 Å². The minimum absolute atomic E-state index is 0.00310. The number of Topliss-reactive ketones (excluding diaryl/α,β-unsaturated/α-hetero) is 1. The maximum Gasteiger partial charge on any atom is 0.181 e. The number of hydrogen-bond acceptors (Lipinski definition) is 3. The average Bonchev–Trinajstić information content (AvgIpc) is 2.30. The number of ketones is 1. The maximum atomic E-state index is 12.2. The summed E-state index contributed by atoms with van der Waals surface area (Å²) < 4.78 is 23.7. The van der Waals surface area contributed by atoms with Crippen LogP contribution >= 0.6 is 0 Å². The second kappa shape index (κ2) is 5.45. The highest BCUT2D eigenvalue weighted by Crippen LogP contribution is 2.17. The highest BCUT2D eigenvalue weighted by atomic mass is 32.2. The van der Waals surface area contributed by atoms with Gasteiger partial charge in [-0.15, -0.1) is 0 Å². The first-order valence-corrected chi connectivity index (χ1v) is 7.47. The van der Waals surface area contributed by atoms with E-state index < -0.39 is 15.1 Å². The van der Waals surface area contributed by atoms with Crippen molar-refractivity contribution in [2.75, 3.05) is 5.75 Å². The third kappa shape index (κ3) is 2.94. The zero-order chi connectivity index (χ0) is 13.1. The molecule has 0 saturated carbocycles. The van der Waals surface area contributed by atoms with Gasteiger partial charge in [-0.05, 0) is 18.9 Å². The minimum atomic E-state index is -3.32. The Morgan fingerprint density at radius 2 is 1.82 bits per heavy atom. The Kier molecular flexibility index (Phi) is 4.46. The van der Waals surface area contributed by atoms with E-state index in [1.54, 1.807) is 26.0 Å². The lowest BCUT2D eigenvalue weighted by atomic mass is 10.0. The quantitative estimate of drug-likeness (QED) is 0.758. The Labute approximate surface area is 103 Å². The van der Waals surface area contributed by atoms with E-state index >= 15 is 0 Å². The van der Waals surface area contributed by atoms with Crippen LogP contribution in [0.2, 0.25) is 0 Å². The summed E-state index contributed by atoms with van der Waals surface area (Å²) in [6.45, 7) is 5.12. The Morgan fingerprint density at radius 1 is 1.24 bits per heavy atom. The molecule has 0 aliphatic carbocycles. The van der Waals surface area contributed by atoms with Crippen LogP contribution < -0.4 is 0 Å². The van der Waals surface area contributed by atoms with Gasteiger partial charge in [0.2, 0.25) is 0 Å². The molecule has 0 amide bonds. The SMILES string of the molecule is CC[C@@H](C(=O)c1ccccc1C)S(=O)(=O)CC. The first kappa shape index (κ1) is 13.9. The number of rotatable bonds is 5. The van der Waals surface area contributed by atoms with Gasteiger partial charge in [0.05, 0.1) is 0 Å². The number of benzene rings is 1. The van der Waals surface area contributed by atoms with Crippen LogP contribution in [-0.4, -0.2) is 25.2 Å². The molecule has 0 bridgehead atoms. The second-order valence-electron chi connectivity index (χ2n) is 4.03. The summed E-state index contributed by atoms with van der Waals surface area (Å²) in [4.78, 5) is 12.2. The monoisotopic (exact) mass is 254 g/mol. The molecule has 0 N–H and O–H groups in total. The van der Waals surface area contributed by atoms with Crippen molar-refractivity contribution in [3.63, 3.8) is 0 Å². The molecule has 1 rings (SSSR count). The van der Waals surface area contributed by atoms with E-state index in [1.807, 2.05) is 19.1 Å². The first-order valence-electron chi connectivity index (χ1n) is 5.75. The topological polar surface area (TPSA) is 51.2 Å². The number of sulfone groups is 1. The van der Waals surface area contributed by atoms with Crippen molar-refractivity contribution in [1.82, 2.24) is 0 Å². The van der Waals surface area contributed by atoms with E-state index in [9.17, 15) is 13.2 Å². The number of aryl methyl sites for hydroxylation is 1. The Balaban J connectivity index is 3.16. The molecule has 0 heterocycles. The standard InChI is InChI=1S/C13H18O3S/c1-4-12(17(15,16)5-2)13(14)11-9-7-6-8-10(11)3/h6-9,12H,4-5H2,1-3H3/t12-/m0/s1. The Morgan fingerprint density at radius 3 is 2.29 bits per heavy atom. The number of hydrogen-bond donors (Lipinski definition) is 0. The molecule has 0 fully saturated rings. The van der Waals surface area contributed by atoms with Crippen molar-refractivity contribution >= 4 is 15.6 Å². The van der Waals surface area contributed by atoms with Crippen LogP contribution in [0, 0.1) is 6.92 Å². The first-order chi connectivity index (χ1) is 7.94. The zero-order valence-corrected chi connectivity index (χ0v) is 11.3. The molecular weight excluding hydrogens is 236 g/mol. The smallest absolute Gasteiger partial charge is 0.181 e. The fourth-order valence-electron chi connectivity index (χ4n) is 1.83. The molecule has 0 aliphatic heterocycles. The van der Waals surface area contributed by atoms with Gasteiger partial charge in [-0.1, -0.05) is 38.1 Å². The van der Waals surface area contributed by atoms with Gasteiger partial charge >= 0.3 is 0 Å². The van der Waals surface area contributed by atoms with Crippen LogP contribution in [-0.2, 0) is 9.84 Å². The van der Waals surface area contributed by atoms with Crippen LogP contribution in [0.25, 0.3) is 0 Å². The molecule has 0 unspecified atom stereocenters. The van der Waals surface area contributed by atoms with Gasteiger partial charge in [-0.3, -0.25) is 4.79 Å². The van der Waals surface area contributed by atoms with Crippen molar-refractivity contribution in [1.29, 1.82) is 0 Å².